The van der Waals surface area contributed by atoms with Gasteiger partial charge in [0.15, 0.2) is 0 Å². The van der Waals surface area contributed by atoms with E-state index in [4.69, 9.17) is 21.1 Å². The average Bonchev–Trinajstić information content (AvgIpc) is 2.55. The summed E-state index contributed by atoms with van der Waals surface area (Å²) in [5.74, 6) is 2.55. The molecule has 0 amide bonds. The van der Waals surface area contributed by atoms with Crippen LogP contribution in [0.1, 0.15) is 38.7 Å². The van der Waals surface area contributed by atoms with Gasteiger partial charge in [-0.3, -0.25) is 0 Å². The molecule has 3 heteroatoms. The van der Waals surface area contributed by atoms with E-state index >= 15 is 0 Å². The number of unbranched alkanes of at least 4 members (excludes halogenated alkanes) is 1. The molecule has 2 rings (SSSR count). The molecule has 2 aromatic rings. The van der Waals surface area contributed by atoms with Crippen LogP contribution in [0.25, 0.3) is 10.8 Å². The zero-order chi connectivity index (χ0) is 15.8. The van der Waals surface area contributed by atoms with Crippen LogP contribution in [0.4, 0.5) is 0 Å². The third-order valence-corrected chi connectivity index (χ3v) is 3.98. The van der Waals surface area contributed by atoms with E-state index < -0.39 is 0 Å². The summed E-state index contributed by atoms with van der Waals surface area (Å²) < 4.78 is 11.7. The van der Waals surface area contributed by atoms with E-state index in [9.17, 15) is 0 Å². The van der Waals surface area contributed by atoms with Gasteiger partial charge in [-0.05, 0) is 48.2 Å². The van der Waals surface area contributed by atoms with Crippen LogP contribution in [0.15, 0.2) is 30.3 Å². The zero-order valence-corrected chi connectivity index (χ0v) is 14.3. The van der Waals surface area contributed by atoms with Gasteiger partial charge in [0.2, 0.25) is 0 Å². The molecule has 0 bridgehead atoms. The molecule has 0 radical (unpaired) electrons. The van der Waals surface area contributed by atoms with E-state index in [0.717, 1.165) is 43.8 Å². The number of hydrogen-bond donors (Lipinski definition) is 0. The van der Waals surface area contributed by atoms with E-state index in [2.05, 4.69) is 44.2 Å². The van der Waals surface area contributed by atoms with Gasteiger partial charge in [0.1, 0.15) is 11.5 Å². The molecule has 0 aliphatic rings. The monoisotopic (exact) mass is 320 g/mol. The third-order valence-electron chi connectivity index (χ3n) is 3.72. The molecule has 0 aliphatic heterocycles. The highest BCUT2D eigenvalue weighted by atomic mass is 35.5. The van der Waals surface area contributed by atoms with Crippen molar-refractivity contribution in [3.8, 4) is 11.5 Å². The first-order chi connectivity index (χ1) is 10.8. The molecule has 0 spiro atoms. The Morgan fingerprint density at radius 3 is 2.50 bits per heavy atom. The lowest BCUT2D eigenvalue weighted by Gasteiger charge is -2.14. The van der Waals surface area contributed by atoms with Gasteiger partial charge in [-0.1, -0.05) is 32.4 Å². The molecule has 0 atom stereocenters. The van der Waals surface area contributed by atoms with E-state index in [1.807, 2.05) is 0 Å². The second kappa shape index (κ2) is 8.89. The summed E-state index contributed by atoms with van der Waals surface area (Å²) >= 11 is 5.71. The number of ether oxygens (including phenoxy) is 2. The summed E-state index contributed by atoms with van der Waals surface area (Å²) in [5, 5.41) is 2.45. The first kappa shape index (κ1) is 17.0. The second-order valence-electron chi connectivity index (χ2n) is 5.37. The number of alkyl halides is 1. The van der Waals surface area contributed by atoms with Crippen LogP contribution in [0.3, 0.4) is 0 Å². The van der Waals surface area contributed by atoms with Crippen LogP contribution in [0.2, 0.25) is 0 Å². The number of fused-ring (bicyclic) bond motifs is 1. The Bertz CT molecular complexity index is 595. The highest BCUT2D eigenvalue weighted by molar-refractivity contribution is 6.17. The van der Waals surface area contributed by atoms with Gasteiger partial charge in [-0.2, -0.15) is 0 Å². The standard InChI is InChI=1S/C19H25ClO2/c1-3-5-12-21-16-8-9-18-15(14-16)7-10-19(17(18)4-2)22-13-6-11-20/h7-10,14H,3-6,11-13H2,1-2H3. The fourth-order valence-corrected chi connectivity index (χ4v) is 2.62. The Morgan fingerprint density at radius 1 is 0.955 bits per heavy atom. The maximum absolute atomic E-state index is 5.87. The van der Waals surface area contributed by atoms with Crippen molar-refractivity contribution < 1.29 is 9.47 Å². The van der Waals surface area contributed by atoms with Gasteiger partial charge in [0, 0.05) is 11.4 Å². The normalized spacial score (nSPS) is 10.9. The summed E-state index contributed by atoms with van der Waals surface area (Å²) in [5.41, 5.74) is 1.26. The average molecular weight is 321 g/mol. The minimum Gasteiger partial charge on any atom is -0.494 e. The van der Waals surface area contributed by atoms with Crippen LogP contribution in [0.5, 0.6) is 11.5 Å². The van der Waals surface area contributed by atoms with E-state index in [-0.39, 0.29) is 0 Å². The maximum Gasteiger partial charge on any atom is 0.123 e. The fraction of sp³-hybridized carbons (Fsp3) is 0.474. The van der Waals surface area contributed by atoms with Crippen LogP contribution >= 0.6 is 11.6 Å². The number of benzene rings is 2. The van der Waals surface area contributed by atoms with Crippen LogP contribution in [-0.4, -0.2) is 19.1 Å². The predicted octanol–water partition coefficient (Wildman–Crippen LogP) is 5.59. The molecule has 0 saturated carbocycles. The highest BCUT2D eigenvalue weighted by Crippen LogP contribution is 2.31. The molecule has 0 fully saturated rings. The van der Waals surface area contributed by atoms with Gasteiger partial charge < -0.3 is 9.47 Å². The lowest BCUT2D eigenvalue weighted by molar-refractivity contribution is 0.309. The first-order valence-corrected chi connectivity index (χ1v) is 8.70. The van der Waals surface area contributed by atoms with E-state index in [1.165, 1.54) is 16.3 Å². The largest absolute Gasteiger partial charge is 0.494 e. The van der Waals surface area contributed by atoms with Crippen molar-refractivity contribution in [3.05, 3.63) is 35.9 Å². The van der Waals surface area contributed by atoms with Crippen molar-refractivity contribution in [2.24, 2.45) is 0 Å². The SMILES string of the molecule is CCCCOc1ccc2c(CC)c(OCCCCl)ccc2c1. The Morgan fingerprint density at radius 2 is 1.77 bits per heavy atom. The Hall–Kier alpha value is -1.41. The number of hydrogen-bond acceptors (Lipinski definition) is 2. The van der Waals surface area contributed by atoms with Crippen LogP contribution in [-0.2, 0) is 6.42 Å². The van der Waals surface area contributed by atoms with E-state index in [0.29, 0.717) is 12.5 Å². The van der Waals surface area contributed by atoms with Crippen molar-refractivity contribution in [3.63, 3.8) is 0 Å². The molecular formula is C19H25ClO2. The molecule has 0 N–H and O–H groups in total. The van der Waals surface area contributed by atoms with Crippen LogP contribution in [0, 0.1) is 0 Å². The van der Waals surface area contributed by atoms with Crippen LogP contribution < -0.4 is 9.47 Å². The summed E-state index contributed by atoms with van der Waals surface area (Å²) in [6, 6.07) is 10.5. The van der Waals surface area contributed by atoms with Gasteiger partial charge in [-0.15, -0.1) is 11.6 Å². The van der Waals surface area contributed by atoms with Gasteiger partial charge >= 0.3 is 0 Å². The summed E-state index contributed by atoms with van der Waals surface area (Å²) in [7, 11) is 0. The molecule has 0 saturated heterocycles. The minimum atomic E-state index is 0.632. The molecule has 0 heterocycles. The number of rotatable bonds is 9. The van der Waals surface area contributed by atoms with Crippen molar-refractivity contribution in [2.75, 3.05) is 19.1 Å². The van der Waals surface area contributed by atoms with E-state index in [1.54, 1.807) is 0 Å². The van der Waals surface area contributed by atoms with Gasteiger partial charge in [-0.25, -0.2) is 0 Å². The highest BCUT2D eigenvalue weighted by Gasteiger charge is 2.08. The van der Waals surface area contributed by atoms with Crippen molar-refractivity contribution in [2.45, 2.75) is 39.5 Å². The Balaban J connectivity index is 2.22. The van der Waals surface area contributed by atoms with Gasteiger partial charge in [0.05, 0.1) is 13.2 Å². The number of halogens is 1. The lowest BCUT2D eigenvalue weighted by atomic mass is 10.0. The fourth-order valence-electron chi connectivity index (χ4n) is 2.51. The minimum absolute atomic E-state index is 0.632. The van der Waals surface area contributed by atoms with Gasteiger partial charge in [0.25, 0.3) is 0 Å². The molecule has 22 heavy (non-hydrogen) atoms. The molecule has 0 unspecified atom stereocenters. The topological polar surface area (TPSA) is 18.5 Å². The van der Waals surface area contributed by atoms with Crippen molar-refractivity contribution in [1.82, 2.24) is 0 Å². The zero-order valence-electron chi connectivity index (χ0n) is 13.5. The maximum atomic E-state index is 5.87. The second-order valence-corrected chi connectivity index (χ2v) is 5.75. The molecular weight excluding hydrogens is 296 g/mol. The van der Waals surface area contributed by atoms with Crippen molar-refractivity contribution >= 4 is 22.4 Å². The molecule has 120 valence electrons. The first-order valence-electron chi connectivity index (χ1n) is 8.17. The molecule has 0 aliphatic carbocycles. The number of aryl methyl sites for hydroxylation is 1. The predicted molar refractivity (Wildman–Crippen MR) is 94.6 cm³/mol. The summed E-state index contributed by atoms with van der Waals surface area (Å²) in [4.78, 5) is 0. The summed E-state index contributed by atoms with van der Waals surface area (Å²) in [6.07, 6.45) is 4.05. The quantitative estimate of drug-likeness (QED) is 0.443. The molecule has 2 nitrogen and oxygen atoms in total. The summed E-state index contributed by atoms with van der Waals surface area (Å²) in [6.45, 7) is 5.78. The molecule has 2 aromatic carbocycles. The Labute approximate surface area is 138 Å². The molecule has 0 aromatic heterocycles. The third kappa shape index (κ3) is 4.30. The smallest absolute Gasteiger partial charge is 0.123 e. The Kier molecular flexibility index (Phi) is 6.85. The van der Waals surface area contributed by atoms with Crippen molar-refractivity contribution in [1.29, 1.82) is 0 Å². The lowest BCUT2D eigenvalue weighted by Crippen LogP contribution is -2.01.